The number of nitrogens with one attached hydrogen (secondary N) is 1. The number of aromatic nitrogens is 2. The maximum Gasteiger partial charge on any atom is 0.273 e. The maximum absolute atomic E-state index is 11.8. The van der Waals surface area contributed by atoms with E-state index in [-0.39, 0.29) is 11.6 Å². The molecule has 0 aliphatic carbocycles. The molecular formula is C11H21N5O3S. The van der Waals surface area contributed by atoms with E-state index in [2.05, 4.69) is 10.4 Å². The van der Waals surface area contributed by atoms with Gasteiger partial charge in [0, 0.05) is 32.9 Å². The number of nitrogen functional groups attached to an aromatic ring is 1. The lowest BCUT2D eigenvalue weighted by atomic mass is 10.3. The van der Waals surface area contributed by atoms with Gasteiger partial charge in [-0.3, -0.25) is 9.48 Å². The molecule has 114 valence electrons. The molecular weight excluding hydrogens is 282 g/mol. The fourth-order valence-electron chi connectivity index (χ4n) is 1.78. The van der Waals surface area contributed by atoms with Crippen LogP contribution in [0.15, 0.2) is 6.20 Å². The van der Waals surface area contributed by atoms with Crippen LogP contribution >= 0.6 is 0 Å². The third-order valence-corrected chi connectivity index (χ3v) is 4.14. The van der Waals surface area contributed by atoms with E-state index in [0.29, 0.717) is 31.7 Å². The van der Waals surface area contributed by atoms with Crippen molar-refractivity contribution < 1.29 is 13.2 Å². The van der Waals surface area contributed by atoms with Crippen LogP contribution in [0, 0.1) is 0 Å². The minimum atomic E-state index is -3.19. The highest BCUT2D eigenvalue weighted by Crippen LogP contribution is 2.07. The van der Waals surface area contributed by atoms with E-state index in [4.69, 9.17) is 5.73 Å². The van der Waals surface area contributed by atoms with Gasteiger partial charge in [0.25, 0.3) is 5.91 Å². The third kappa shape index (κ3) is 4.49. The SMILES string of the molecule is CCN(CCCNC(=O)c1nn(C)cc1N)S(C)(=O)=O. The summed E-state index contributed by atoms with van der Waals surface area (Å²) in [5, 5.41) is 6.62. The predicted octanol–water partition coefficient (Wildman–Crippen LogP) is -0.596. The van der Waals surface area contributed by atoms with E-state index < -0.39 is 10.0 Å². The number of hydrogen-bond donors (Lipinski definition) is 2. The van der Waals surface area contributed by atoms with Gasteiger partial charge in [-0.1, -0.05) is 6.92 Å². The van der Waals surface area contributed by atoms with Crippen molar-refractivity contribution in [2.24, 2.45) is 7.05 Å². The summed E-state index contributed by atoms with van der Waals surface area (Å²) in [7, 11) is -1.51. The van der Waals surface area contributed by atoms with Crippen LogP contribution in [0.5, 0.6) is 0 Å². The Balaban J connectivity index is 2.42. The summed E-state index contributed by atoms with van der Waals surface area (Å²) in [5.74, 6) is -0.356. The van der Waals surface area contributed by atoms with Crippen LogP contribution < -0.4 is 11.1 Å². The van der Waals surface area contributed by atoms with E-state index in [1.54, 1.807) is 20.2 Å². The molecule has 1 heterocycles. The predicted molar refractivity (Wildman–Crippen MR) is 76.7 cm³/mol. The van der Waals surface area contributed by atoms with Gasteiger partial charge < -0.3 is 11.1 Å². The lowest BCUT2D eigenvalue weighted by Gasteiger charge is -2.17. The molecule has 0 aromatic carbocycles. The molecule has 1 amide bonds. The first-order valence-corrected chi connectivity index (χ1v) is 8.13. The Kier molecular flexibility index (Phi) is 5.52. The largest absolute Gasteiger partial charge is 0.396 e. The first-order chi connectivity index (χ1) is 9.25. The number of carbonyl (C=O) groups excluding carboxylic acids is 1. The topological polar surface area (TPSA) is 110 Å². The normalized spacial score (nSPS) is 11.8. The van der Waals surface area contributed by atoms with Gasteiger partial charge in [0.05, 0.1) is 11.9 Å². The van der Waals surface area contributed by atoms with E-state index in [1.165, 1.54) is 15.2 Å². The zero-order valence-corrected chi connectivity index (χ0v) is 12.8. The van der Waals surface area contributed by atoms with Crippen molar-refractivity contribution in [3.8, 4) is 0 Å². The molecule has 0 aliphatic rings. The summed E-state index contributed by atoms with van der Waals surface area (Å²) < 4.78 is 25.6. The molecule has 1 aromatic rings. The van der Waals surface area contributed by atoms with Gasteiger partial charge in [0.15, 0.2) is 5.69 Å². The van der Waals surface area contributed by atoms with Crippen LogP contribution in [-0.2, 0) is 17.1 Å². The number of rotatable bonds is 7. The number of hydrogen-bond acceptors (Lipinski definition) is 5. The van der Waals surface area contributed by atoms with Crippen molar-refractivity contribution in [1.29, 1.82) is 0 Å². The van der Waals surface area contributed by atoms with Crippen LogP contribution in [0.1, 0.15) is 23.8 Å². The molecule has 1 aromatic heterocycles. The first-order valence-electron chi connectivity index (χ1n) is 6.28. The second-order valence-electron chi connectivity index (χ2n) is 4.47. The second-order valence-corrected chi connectivity index (χ2v) is 6.45. The minimum absolute atomic E-state index is 0.183. The van der Waals surface area contributed by atoms with E-state index >= 15 is 0 Å². The van der Waals surface area contributed by atoms with Crippen LogP contribution in [0.4, 0.5) is 5.69 Å². The summed E-state index contributed by atoms with van der Waals surface area (Å²) >= 11 is 0. The summed E-state index contributed by atoms with van der Waals surface area (Å²) in [5.41, 5.74) is 6.14. The van der Waals surface area contributed by atoms with Crippen LogP contribution in [0.3, 0.4) is 0 Å². The van der Waals surface area contributed by atoms with Gasteiger partial charge in [-0.2, -0.15) is 5.10 Å². The molecule has 8 nitrogen and oxygen atoms in total. The number of nitrogens with two attached hydrogens (primary N) is 1. The Morgan fingerprint density at radius 2 is 2.20 bits per heavy atom. The summed E-state index contributed by atoms with van der Waals surface area (Å²) in [4.78, 5) is 11.8. The molecule has 0 radical (unpaired) electrons. The minimum Gasteiger partial charge on any atom is -0.396 e. The lowest BCUT2D eigenvalue weighted by molar-refractivity contribution is 0.0948. The highest BCUT2D eigenvalue weighted by atomic mass is 32.2. The van der Waals surface area contributed by atoms with Crippen LogP contribution in [-0.4, -0.2) is 54.3 Å². The number of amides is 1. The maximum atomic E-state index is 11.8. The monoisotopic (exact) mass is 303 g/mol. The molecule has 0 fully saturated rings. The Morgan fingerprint density at radius 3 is 2.65 bits per heavy atom. The number of sulfonamides is 1. The molecule has 0 atom stereocenters. The Labute approximate surface area is 119 Å². The van der Waals surface area contributed by atoms with E-state index in [1.807, 2.05) is 0 Å². The van der Waals surface area contributed by atoms with Crippen molar-refractivity contribution in [1.82, 2.24) is 19.4 Å². The molecule has 0 unspecified atom stereocenters. The molecule has 0 bridgehead atoms. The van der Waals surface area contributed by atoms with Crippen molar-refractivity contribution in [2.45, 2.75) is 13.3 Å². The Bertz CT molecular complexity index is 567. The lowest BCUT2D eigenvalue weighted by Crippen LogP contribution is -2.33. The number of carbonyl (C=O) groups is 1. The van der Waals surface area contributed by atoms with Gasteiger partial charge in [0.1, 0.15) is 0 Å². The zero-order valence-electron chi connectivity index (χ0n) is 12.0. The van der Waals surface area contributed by atoms with Gasteiger partial charge >= 0.3 is 0 Å². The van der Waals surface area contributed by atoms with E-state index in [9.17, 15) is 13.2 Å². The number of anilines is 1. The summed E-state index contributed by atoms with van der Waals surface area (Å²) in [6.07, 6.45) is 3.25. The fourth-order valence-corrected chi connectivity index (χ4v) is 2.71. The first kappa shape index (κ1) is 16.4. The van der Waals surface area contributed by atoms with Crippen LogP contribution in [0.2, 0.25) is 0 Å². The van der Waals surface area contributed by atoms with Gasteiger partial charge in [-0.05, 0) is 6.42 Å². The van der Waals surface area contributed by atoms with Crippen molar-refractivity contribution in [2.75, 3.05) is 31.6 Å². The third-order valence-electron chi connectivity index (χ3n) is 2.76. The average Bonchev–Trinajstić information content (AvgIpc) is 2.66. The molecule has 9 heteroatoms. The highest BCUT2D eigenvalue weighted by Gasteiger charge is 2.15. The highest BCUT2D eigenvalue weighted by molar-refractivity contribution is 7.88. The number of nitrogens with zero attached hydrogens (tertiary/aromatic N) is 3. The molecule has 20 heavy (non-hydrogen) atoms. The molecule has 0 saturated carbocycles. The van der Waals surface area contributed by atoms with Gasteiger partial charge in [-0.25, -0.2) is 12.7 Å². The molecule has 0 aliphatic heterocycles. The fraction of sp³-hybridized carbons (Fsp3) is 0.636. The molecule has 0 spiro atoms. The van der Waals surface area contributed by atoms with Crippen LogP contribution in [0.25, 0.3) is 0 Å². The van der Waals surface area contributed by atoms with Crippen molar-refractivity contribution in [3.63, 3.8) is 0 Å². The van der Waals surface area contributed by atoms with Gasteiger partial charge in [-0.15, -0.1) is 0 Å². The average molecular weight is 303 g/mol. The molecule has 3 N–H and O–H groups in total. The Morgan fingerprint density at radius 1 is 1.55 bits per heavy atom. The van der Waals surface area contributed by atoms with E-state index in [0.717, 1.165) is 0 Å². The smallest absolute Gasteiger partial charge is 0.273 e. The standard InChI is InChI=1S/C11H21N5O3S/c1-4-16(20(3,18)19)7-5-6-13-11(17)10-9(12)8-15(2)14-10/h8H,4-7,12H2,1-3H3,(H,13,17). The second kappa shape index (κ2) is 6.71. The van der Waals surface area contributed by atoms with Gasteiger partial charge in [0.2, 0.25) is 10.0 Å². The zero-order chi connectivity index (χ0) is 15.3. The van der Waals surface area contributed by atoms with Crippen molar-refractivity contribution >= 4 is 21.6 Å². The number of aryl methyl sites for hydroxylation is 1. The summed E-state index contributed by atoms with van der Waals surface area (Å²) in [6, 6.07) is 0. The Hall–Kier alpha value is -1.61. The molecule has 1 rings (SSSR count). The summed E-state index contributed by atoms with van der Waals surface area (Å²) in [6.45, 7) is 2.92. The molecule has 0 saturated heterocycles. The van der Waals surface area contributed by atoms with Crippen molar-refractivity contribution in [3.05, 3.63) is 11.9 Å². The quantitative estimate of drug-likeness (QED) is 0.654.